The van der Waals surface area contributed by atoms with Crippen LogP contribution in [0.2, 0.25) is 0 Å². The molecule has 0 aliphatic carbocycles. The van der Waals surface area contributed by atoms with Crippen LogP contribution in [0.25, 0.3) is 10.9 Å². The van der Waals surface area contributed by atoms with E-state index >= 15 is 0 Å². The number of anilines is 1. The van der Waals surface area contributed by atoms with Gasteiger partial charge in [-0.3, -0.25) is 19.1 Å². The number of nitriles is 1. The number of benzene rings is 2. The van der Waals surface area contributed by atoms with E-state index in [-0.39, 0.29) is 36.6 Å². The monoisotopic (exact) mass is 526 g/mol. The Kier molecular flexibility index (Phi) is 7.86. The minimum absolute atomic E-state index is 0.00380. The molecule has 2 heterocycles. The third-order valence-electron chi connectivity index (χ3n) is 7.46. The number of likely N-dealkylation sites (tertiary alicyclic amines) is 1. The van der Waals surface area contributed by atoms with E-state index in [4.69, 9.17) is 0 Å². The van der Waals surface area contributed by atoms with Gasteiger partial charge in [-0.1, -0.05) is 44.2 Å². The van der Waals surface area contributed by atoms with Crippen molar-refractivity contribution in [2.24, 2.45) is 18.4 Å². The summed E-state index contributed by atoms with van der Waals surface area (Å²) in [4.78, 5) is 43.9. The number of carbonyl (C=O) groups is 3. The Morgan fingerprint density at radius 2 is 1.97 bits per heavy atom. The van der Waals surface area contributed by atoms with E-state index in [1.54, 1.807) is 49.2 Å². The molecule has 1 saturated heterocycles. The summed E-state index contributed by atoms with van der Waals surface area (Å²) in [6.07, 6.45) is 3.79. The van der Waals surface area contributed by atoms with E-state index < -0.39 is 17.5 Å². The molecule has 0 saturated carbocycles. The molecule has 2 aromatic carbocycles. The molecule has 4 rings (SSSR count). The van der Waals surface area contributed by atoms with Gasteiger partial charge in [-0.2, -0.15) is 10.4 Å². The lowest BCUT2D eigenvalue weighted by molar-refractivity contribution is -0.136. The topological polar surface area (TPSA) is 111 Å². The smallest absolute Gasteiger partial charge is 0.254 e. The highest BCUT2D eigenvalue weighted by molar-refractivity contribution is 6.01. The summed E-state index contributed by atoms with van der Waals surface area (Å²) < 4.78 is 1.69. The number of amides is 3. The summed E-state index contributed by atoms with van der Waals surface area (Å²) in [5, 5.41) is 18.0. The van der Waals surface area contributed by atoms with E-state index in [9.17, 15) is 19.6 Å². The molecule has 1 N–H and O–H groups in total. The minimum Gasteiger partial charge on any atom is -0.330 e. The van der Waals surface area contributed by atoms with Crippen LogP contribution in [0, 0.1) is 22.7 Å². The molecule has 9 nitrogen and oxygen atoms in total. The number of hydrogen-bond donors (Lipinski definition) is 1. The normalized spacial score (nSPS) is 19.5. The number of para-hydroxylation sites is 1. The lowest BCUT2D eigenvalue weighted by Crippen LogP contribution is -2.51. The molecule has 9 heteroatoms. The van der Waals surface area contributed by atoms with Gasteiger partial charge in [0.25, 0.3) is 5.91 Å². The van der Waals surface area contributed by atoms with Crippen LogP contribution in [0.1, 0.15) is 37.0 Å². The van der Waals surface area contributed by atoms with Crippen molar-refractivity contribution in [3.8, 4) is 6.07 Å². The first kappa shape index (κ1) is 27.6. The van der Waals surface area contributed by atoms with Crippen LogP contribution in [0.4, 0.5) is 5.69 Å². The Morgan fingerprint density at radius 3 is 2.62 bits per heavy atom. The zero-order valence-electron chi connectivity index (χ0n) is 22.8. The highest BCUT2D eigenvalue weighted by Crippen LogP contribution is 2.38. The second kappa shape index (κ2) is 11.1. The molecule has 1 aliphatic rings. The van der Waals surface area contributed by atoms with Gasteiger partial charge in [-0.15, -0.1) is 6.58 Å². The van der Waals surface area contributed by atoms with E-state index in [2.05, 4.69) is 23.1 Å². The maximum Gasteiger partial charge on any atom is 0.254 e. The standard InChI is InChI=1S/C30H34N6O3/c1-6-30(29(39)33-23-10-8-7-9-11-23)16-24(17-31)36(19-30)28(38)26(14-20(2)3)34(4)27(37)21-12-13-22-18-32-35(5)25(22)15-21/h6-13,15,18,20,24,26H,1,14,16,19H2,2-5H3,(H,33,39)/t24-,26-,30-/m0/s1. The van der Waals surface area contributed by atoms with Crippen LogP contribution in [0.3, 0.4) is 0 Å². The highest BCUT2D eigenvalue weighted by atomic mass is 16.2. The average molecular weight is 527 g/mol. The van der Waals surface area contributed by atoms with Crippen molar-refractivity contribution in [2.45, 2.75) is 38.8 Å². The van der Waals surface area contributed by atoms with Gasteiger partial charge in [0.2, 0.25) is 11.8 Å². The lowest BCUT2D eigenvalue weighted by atomic mass is 9.84. The molecule has 39 heavy (non-hydrogen) atoms. The van der Waals surface area contributed by atoms with Crippen molar-refractivity contribution < 1.29 is 14.4 Å². The number of aryl methyl sites for hydroxylation is 1. The first-order valence-electron chi connectivity index (χ1n) is 13.0. The SMILES string of the molecule is C=C[C@]1(C(=O)Nc2ccccc2)C[C@@H](C#N)N(C(=O)[C@H](CC(C)C)N(C)C(=O)c2ccc3cnn(C)c3c2)C1. The Morgan fingerprint density at radius 1 is 1.26 bits per heavy atom. The average Bonchev–Trinajstić information content (AvgIpc) is 3.52. The van der Waals surface area contributed by atoms with Gasteiger partial charge >= 0.3 is 0 Å². The van der Waals surface area contributed by atoms with E-state index in [1.165, 1.54) is 15.9 Å². The highest BCUT2D eigenvalue weighted by Gasteiger charge is 2.50. The molecule has 0 radical (unpaired) electrons. The zero-order valence-corrected chi connectivity index (χ0v) is 22.8. The van der Waals surface area contributed by atoms with E-state index in [1.807, 2.05) is 38.1 Å². The number of nitrogens with zero attached hydrogens (tertiary/aromatic N) is 5. The summed E-state index contributed by atoms with van der Waals surface area (Å²) in [6.45, 7) is 7.85. The molecule has 0 unspecified atom stereocenters. The molecule has 3 amide bonds. The second-order valence-corrected chi connectivity index (χ2v) is 10.6. The number of likely N-dealkylation sites (N-methyl/N-ethyl adjacent to an activating group) is 1. The van der Waals surface area contributed by atoms with Gasteiger partial charge in [0.15, 0.2) is 0 Å². The van der Waals surface area contributed by atoms with Crippen molar-refractivity contribution in [3.63, 3.8) is 0 Å². The van der Waals surface area contributed by atoms with Crippen LogP contribution in [0.5, 0.6) is 0 Å². The summed E-state index contributed by atoms with van der Waals surface area (Å²) in [6, 6.07) is 14.9. The molecule has 1 fully saturated rings. The molecular formula is C30H34N6O3. The number of hydrogen-bond acceptors (Lipinski definition) is 5. The maximum atomic E-state index is 14.0. The minimum atomic E-state index is -1.14. The van der Waals surface area contributed by atoms with Gasteiger partial charge in [0, 0.05) is 43.7 Å². The molecule has 202 valence electrons. The first-order chi connectivity index (χ1) is 18.6. The van der Waals surface area contributed by atoms with Crippen molar-refractivity contribution in [3.05, 3.63) is 72.9 Å². The Balaban J connectivity index is 1.61. The molecule has 1 aliphatic heterocycles. The first-order valence-corrected chi connectivity index (χ1v) is 13.0. The molecule has 0 bridgehead atoms. The number of nitrogens with one attached hydrogen (secondary N) is 1. The van der Waals surface area contributed by atoms with Gasteiger partial charge in [0.1, 0.15) is 12.1 Å². The van der Waals surface area contributed by atoms with Crippen molar-refractivity contribution >= 4 is 34.3 Å². The number of carbonyl (C=O) groups excluding carboxylic acids is 3. The van der Waals surface area contributed by atoms with Crippen LogP contribution in [-0.2, 0) is 16.6 Å². The molecular weight excluding hydrogens is 492 g/mol. The van der Waals surface area contributed by atoms with Crippen LogP contribution in [-0.4, -0.2) is 63.0 Å². The lowest BCUT2D eigenvalue weighted by Gasteiger charge is -2.33. The van der Waals surface area contributed by atoms with Gasteiger partial charge < -0.3 is 15.1 Å². The largest absolute Gasteiger partial charge is 0.330 e. The predicted molar refractivity (Wildman–Crippen MR) is 149 cm³/mol. The Hall–Kier alpha value is -4.45. The Labute approximate surface area is 228 Å². The van der Waals surface area contributed by atoms with Crippen LogP contribution < -0.4 is 5.32 Å². The summed E-state index contributed by atoms with van der Waals surface area (Å²) in [7, 11) is 3.42. The molecule has 3 aromatic rings. The fourth-order valence-corrected chi connectivity index (χ4v) is 5.15. The molecule has 1 aromatic heterocycles. The quantitative estimate of drug-likeness (QED) is 0.446. The fourth-order valence-electron chi connectivity index (χ4n) is 5.15. The molecule has 0 spiro atoms. The maximum absolute atomic E-state index is 14.0. The fraction of sp³-hybridized carbons (Fsp3) is 0.367. The van der Waals surface area contributed by atoms with E-state index in [0.717, 1.165) is 10.9 Å². The number of aromatic nitrogens is 2. The third kappa shape index (κ3) is 5.41. The zero-order chi connectivity index (χ0) is 28.3. The number of fused-ring (bicyclic) bond motifs is 1. The second-order valence-electron chi connectivity index (χ2n) is 10.6. The van der Waals surface area contributed by atoms with Crippen molar-refractivity contribution in [1.82, 2.24) is 19.6 Å². The van der Waals surface area contributed by atoms with E-state index in [0.29, 0.717) is 17.7 Å². The van der Waals surface area contributed by atoms with Crippen molar-refractivity contribution in [2.75, 3.05) is 18.9 Å². The summed E-state index contributed by atoms with van der Waals surface area (Å²) >= 11 is 0. The Bertz CT molecular complexity index is 1440. The third-order valence-corrected chi connectivity index (χ3v) is 7.46. The van der Waals surface area contributed by atoms with Gasteiger partial charge in [-0.25, -0.2) is 0 Å². The molecule has 3 atom stereocenters. The van der Waals surface area contributed by atoms with Crippen LogP contribution in [0.15, 0.2) is 67.4 Å². The summed E-state index contributed by atoms with van der Waals surface area (Å²) in [5.74, 6) is -0.887. The van der Waals surface area contributed by atoms with Gasteiger partial charge in [0.05, 0.1) is 23.2 Å². The number of rotatable bonds is 8. The summed E-state index contributed by atoms with van der Waals surface area (Å²) in [5.41, 5.74) is 0.735. The van der Waals surface area contributed by atoms with Gasteiger partial charge in [-0.05, 0) is 36.6 Å². The van der Waals surface area contributed by atoms with Crippen LogP contribution >= 0.6 is 0 Å². The van der Waals surface area contributed by atoms with Crippen molar-refractivity contribution in [1.29, 1.82) is 5.26 Å². The predicted octanol–water partition coefficient (Wildman–Crippen LogP) is 4.00.